The molecule has 4 heteroatoms. The summed E-state index contributed by atoms with van der Waals surface area (Å²) < 4.78 is 12.7. The summed E-state index contributed by atoms with van der Waals surface area (Å²) in [6.07, 6.45) is 0. The molecule has 66 valence electrons. The van der Waals surface area contributed by atoms with Gasteiger partial charge in [-0.25, -0.2) is 4.39 Å². The molecule has 3 nitrogen and oxygen atoms in total. The molecule has 12 heavy (non-hydrogen) atoms. The second-order valence-electron chi connectivity index (χ2n) is 2.70. The van der Waals surface area contributed by atoms with Crippen molar-refractivity contribution < 1.29 is 4.39 Å². The van der Waals surface area contributed by atoms with E-state index in [4.69, 9.17) is 5.84 Å². The summed E-state index contributed by atoms with van der Waals surface area (Å²) in [5.41, 5.74) is 3.88. The van der Waals surface area contributed by atoms with Crippen molar-refractivity contribution in [2.45, 2.75) is 0 Å². The van der Waals surface area contributed by atoms with Crippen molar-refractivity contribution in [3.05, 3.63) is 24.0 Å². The van der Waals surface area contributed by atoms with Gasteiger partial charge in [0.15, 0.2) is 0 Å². The van der Waals surface area contributed by atoms with Crippen LogP contribution >= 0.6 is 0 Å². The van der Waals surface area contributed by atoms with Crippen LogP contribution in [0.2, 0.25) is 0 Å². The fraction of sp³-hybridized carbons (Fsp3) is 0.250. The van der Waals surface area contributed by atoms with Crippen LogP contribution in [0.5, 0.6) is 0 Å². The Bertz CT molecular complexity index is 273. The van der Waals surface area contributed by atoms with Crippen molar-refractivity contribution in [2.75, 3.05) is 24.4 Å². The fourth-order valence-corrected chi connectivity index (χ4v) is 1.01. The highest BCUT2D eigenvalue weighted by Crippen LogP contribution is 2.23. The minimum absolute atomic E-state index is 0.298. The molecule has 0 fully saturated rings. The van der Waals surface area contributed by atoms with Crippen LogP contribution < -0.4 is 16.2 Å². The van der Waals surface area contributed by atoms with Crippen molar-refractivity contribution in [3.8, 4) is 0 Å². The number of nitrogen functional groups attached to an aromatic ring is 1. The normalized spacial score (nSPS) is 9.67. The second-order valence-corrected chi connectivity index (χ2v) is 2.70. The van der Waals surface area contributed by atoms with Crippen LogP contribution in [0.3, 0.4) is 0 Å². The zero-order valence-electron chi connectivity index (χ0n) is 7.13. The lowest BCUT2D eigenvalue weighted by Crippen LogP contribution is -2.15. The standard InChI is InChI=1S/C8H12FN3/c1-12(2)8-4-3-6(9)5-7(8)11-10/h3-5,11H,10H2,1-2H3. The van der Waals surface area contributed by atoms with Gasteiger partial charge in [-0.15, -0.1) is 0 Å². The molecule has 0 bridgehead atoms. The predicted molar refractivity (Wildman–Crippen MR) is 48.5 cm³/mol. The Morgan fingerprint density at radius 2 is 2.08 bits per heavy atom. The zero-order valence-corrected chi connectivity index (χ0v) is 7.13. The maximum Gasteiger partial charge on any atom is 0.125 e. The van der Waals surface area contributed by atoms with Gasteiger partial charge < -0.3 is 10.3 Å². The summed E-state index contributed by atoms with van der Waals surface area (Å²) in [7, 11) is 3.74. The molecule has 0 aliphatic heterocycles. The van der Waals surface area contributed by atoms with E-state index in [9.17, 15) is 4.39 Å². The van der Waals surface area contributed by atoms with E-state index in [1.54, 1.807) is 6.07 Å². The first-order valence-electron chi connectivity index (χ1n) is 3.58. The number of rotatable bonds is 2. The molecule has 0 atom stereocenters. The molecule has 0 spiro atoms. The van der Waals surface area contributed by atoms with E-state index in [-0.39, 0.29) is 5.82 Å². The summed E-state index contributed by atoms with van der Waals surface area (Å²) >= 11 is 0. The van der Waals surface area contributed by atoms with Crippen LogP contribution in [0.1, 0.15) is 0 Å². The topological polar surface area (TPSA) is 41.3 Å². The molecule has 1 aromatic carbocycles. The lowest BCUT2D eigenvalue weighted by molar-refractivity contribution is 0.628. The summed E-state index contributed by atoms with van der Waals surface area (Å²) in [6.45, 7) is 0. The molecule has 1 aromatic rings. The molecule has 0 amide bonds. The van der Waals surface area contributed by atoms with Crippen LogP contribution in [-0.2, 0) is 0 Å². The maximum absolute atomic E-state index is 12.7. The number of hydrazine groups is 1. The number of halogens is 1. The average molecular weight is 169 g/mol. The average Bonchev–Trinajstić information content (AvgIpc) is 2.03. The largest absolute Gasteiger partial charge is 0.376 e. The summed E-state index contributed by atoms with van der Waals surface area (Å²) in [5, 5.41) is 0. The van der Waals surface area contributed by atoms with Gasteiger partial charge >= 0.3 is 0 Å². The number of hydrogen-bond acceptors (Lipinski definition) is 3. The van der Waals surface area contributed by atoms with Crippen LogP contribution in [0.4, 0.5) is 15.8 Å². The lowest BCUT2D eigenvalue weighted by Gasteiger charge is -2.16. The van der Waals surface area contributed by atoms with Gasteiger partial charge in [-0.2, -0.15) is 0 Å². The number of nitrogens with zero attached hydrogens (tertiary/aromatic N) is 1. The van der Waals surface area contributed by atoms with Gasteiger partial charge in [0.05, 0.1) is 11.4 Å². The molecule has 0 aliphatic carbocycles. The number of benzene rings is 1. The highest BCUT2D eigenvalue weighted by Gasteiger charge is 2.03. The Morgan fingerprint density at radius 3 is 2.58 bits per heavy atom. The van der Waals surface area contributed by atoms with Crippen molar-refractivity contribution in [2.24, 2.45) is 5.84 Å². The first-order valence-corrected chi connectivity index (χ1v) is 3.58. The monoisotopic (exact) mass is 169 g/mol. The first-order chi connectivity index (χ1) is 5.65. The van der Waals surface area contributed by atoms with Gasteiger partial charge in [0.1, 0.15) is 5.82 Å². The number of nitrogens with one attached hydrogen (secondary N) is 1. The van der Waals surface area contributed by atoms with E-state index < -0.39 is 0 Å². The molecule has 3 N–H and O–H groups in total. The first kappa shape index (κ1) is 8.80. The second kappa shape index (κ2) is 3.40. The van der Waals surface area contributed by atoms with Crippen LogP contribution in [0.25, 0.3) is 0 Å². The summed E-state index contributed by atoms with van der Waals surface area (Å²) in [6, 6.07) is 4.43. The summed E-state index contributed by atoms with van der Waals surface area (Å²) in [4.78, 5) is 1.86. The minimum atomic E-state index is -0.298. The highest BCUT2D eigenvalue weighted by atomic mass is 19.1. The smallest absolute Gasteiger partial charge is 0.125 e. The molecule has 0 saturated heterocycles. The lowest BCUT2D eigenvalue weighted by atomic mass is 10.2. The van der Waals surface area contributed by atoms with E-state index in [1.807, 2.05) is 19.0 Å². The fourth-order valence-electron chi connectivity index (χ4n) is 1.01. The minimum Gasteiger partial charge on any atom is -0.376 e. The summed E-state index contributed by atoms with van der Waals surface area (Å²) in [5.74, 6) is 4.92. The molecular weight excluding hydrogens is 157 g/mol. The van der Waals surface area contributed by atoms with Crippen molar-refractivity contribution in [1.29, 1.82) is 0 Å². The number of hydrogen-bond donors (Lipinski definition) is 2. The van der Waals surface area contributed by atoms with Gasteiger partial charge in [-0.1, -0.05) is 0 Å². The SMILES string of the molecule is CN(C)c1ccc(F)cc1NN. The quantitative estimate of drug-likeness (QED) is 0.516. The van der Waals surface area contributed by atoms with Gasteiger partial charge in [0, 0.05) is 20.2 Å². The van der Waals surface area contributed by atoms with E-state index in [1.165, 1.54) is 12.1 Å². The van der Waals surface area contributed by atoms with Gasteiger partial charge in [-0.05, 0) is 12.1 Å². The van der Waals surface area contributed by atoms with E-state index in [0.717, 1.165) is 5.69 Å². The predicted octanol–water partition coefficient (Wildman–Crippen LogP) is 1.18. The highest BCUT2D eigenvalue weighted by molar-refractivity contribution is 5.68. The Morgan fingerprint density at radius 1 is 1.42 bits per heavy atom. The Hall–Kier alpha value is -1.29. The third kappa shape index (κ3) is 1.65. The Kier molecular flexibility index (Phi) is 2.50. The molecule has 0 heterocycles. The van der Waals surface area contributed by atoms with Crippen LogP contribution in [0, 0.1) is 5.82 Å². The van der Waals surface area contributed by atoms with Gasteiger partial charge in [0.25, 0.3) is 0 Å². The molecule has 0 unspecified atom stereocenters. The van der Waals surface area contributed by atoms with Crippen LogP contribution in [-0.4, -0.2) is 14.1 Å². The molecule has 0 saturated carbocycles. The van der Waals surface area contributed by atoms with Crippen molar-refractivity contribution in [1.82, 2.24) is 0 Å². The molecule has 0 aliphatic rings. The Balaban J connectivity index is 3.11. The van der Waals surface area contributed by atoms with Crippen molar-refractivity contribution >= 4 is 11.4 Å². The van der Waals surface area contributed by atoms with Crippen molar-refractivity contribution in [3.63, 3.8) is 0 Å². The molecule has 0 aromatic heterocycles. The molecular formula is C8H12FN3. The third-order valence-electron chi connectivity index (χ3n) is 1.60. The van der Waals surface area contributed by atoms with E-state index in [2.05, 4.69) is 5.43 Å². The number of anilines is 2. The van der Waals surface area contributed by atoms with Gasteiger partial charge in [0.2, 0.25) is 0 Å². The third-order valence-corrected chi connectivity index (χ3v) is 1.60. The zero-order chi connectivity index (χ0) is 9.14. The maximum atomic E-state index is 12.7. The van der Waals surface area contributed by atoms with E-state index >= 15 is 0 Å². The number of nitrogens with two attached hydrogens (primary N) is 1. The Labute approximate surface area is 70.9 Å². The van der Waals surface area contributed by atoms with E-state index in [0.29, 0.717) is 5.69 Å². The van der Waals surface area contributed by atoms with Gasteiger partial charge in [-0.3, -0.25) is 5.84 Å². The molecule has 1 rings (SSSR count). The molecule has 0 radical (unpaired) electrons. The van der Waals surface area contributed by atoms with Crippen LogP contribution in [0.15, 0.2) is 18.2 Å².